The van der Waals surface area contributed by atoms with Crippen LogP contribution in [0.25, 0.3) is 10.7 Å². The van der Waals surface area contributed by atoms with Crippen LogP contribution < -0.4 is 14.4 Å². The molecule has 0 aliphatic carbocycles. The lowest BCUT2D eigenvalue weighted by molar-refractivity contribution is -0.117. The lowest BCUT2D eigenvalue weighted by atomic mass is 10.1. The van der Waals surface area contributed by atoms with E-state index < -0.39 is 0 Å². The minimum absolute atomic E-state index is 0.0275. The van der Waals surface area contributed by atoms with E-state index in [9.17, 15) is 4.79 Å². The Morgan fingerprint density at radius 2 is 2.12 bits per heavy atom. The van der Waals surface area contributed by atoms with Crippen molar-refractivity contribution in [3.05, 3.63) is 41.6 Å². The molecule has 0 bridgehead atoms. The van der Waals surface area contributed by atoms with Crippen LogP contribution in [0.1, 0.15) is 18.2 Å². The van der Waals surface area contributed by atoms with Gasteiger partial charge in [-0.05, 0) is 23.6 Å². The van der Waals surface area contributed by atoms with Crippen LogP contribution in [0.5, 0.6) is 11.5 Å². The van der Waals surface area contributed by atoms with Crippen molar-refractivity contribution in [1.29, 1.82) is 0 Å². The van der Waals surface area contributed by atoms with Gasteiger partial charge in [0.25, 0.3) is 0 Å². The molecule has 3 aromatic rings. The highest BCUT2D eigenvalue weighted by Gasteiger charge is 2.35. The summed E-state index contributed by atoms with van der Waals surface area (Å²) in [6.07, 6.45) is 0.348. The number of hydrogen-bond donors (Lipinski definition) is 0. The van der Waals surface area contributed by atoms with Gasteiger partial charge in [-0.25, -0.2) is 0 Å². The van der Waals surface area contributed by atoms with E-state index >= 15 is 0 Å². The number of carbonyl (C=O) groups excluding carboxylic acids is 1. The summed E-state index contributed by atoms with van der Waals surface area (Å²) in [7, 11) is 0. The monoisotopic (exact) mass is 355 g/mol. The van der Waals surface area contributed by atoms with Gasteiger partial charge in [0.1, 0.15) is 0 Å². The normalized spacial score (nSPS) is 19.0. The maximum atomic E-state index is 12.5. The summed E-state index contributed by atoms with van der Waals surface area (Å²) in [5.41, 5.74) is 0.787. The van der Waals surface area contributed by atoms with Crippen molar-refractivity contribution in [2.24, 2.45) is 0 Å². The zero-order valence-electron chi connectivity index (χ0n) is 13.0. The Kier molecular flexibility index (Phi) is 3.24. The summed E-state index contributed by atoms with van der Waals surface area (Å²) in [4.78, 5) is 19.6. The summed E-state index contributed by atoms with van der Waals surface area (Å²) in [6, 6.07) is 9.39. The van der Waals surface area contributed by atoms with E-state index in [1.807, 2.05) is 35.7 Å². The molecule has 1 aromatic carbocycles. The SMILES string of the molecule is O=C1C[C@@H](c2nc(-c3cccs3)no2)CN1c1ccc2c(c1)OCO2. The smallest absolute Gasteiger partial charge is 0.232 e. The van der Waals surface area contributed by atoms with E-state index in [0.717, 1.165) is 10.6 Å². The molecule has 1 fully saturated rings. The highest BCUT2D eigenvalue weighted by atomic mass is 32.1. The average molecular weight is 355 g/mol. The quantitative estimate of drug-likeness (QED) is 0.719. The number of amides is 1. The maximum absolute atomic E-state index is 12.5. The molecule has 2 aliphatic heterocycles. The largest absolute Gasteiger partial charge is 0.454 e. The number of hydrogen-bond acceptors (Lipinski definition) is 7. The predicted octanol–water partition coefficient (Wildman–Crippen LogP) is 3.05. The van der Waals surface area contributed by atoms with E-state index in [-0.39, 0.29) is 18.6 Å². The van der Waals surface area contributed by atoms with Gasteiger partial charge < -0.3 is 18.9 Å². The average Bonchev–Trinajstić information content (AvgIpc) is 3.39. The van der Waals surface area contributed by atoms with Gasteiger partial charge in [0.2, 0.25) is 24.4 Å². The Bertz CT molecular complexity index is 937. The first-order valence-corrected chi connectivity index (χ1v) is 8.73. The highest BCUT2D eigenvalue weighted by Crippen LogP contribution is 2.38. The van der Waals surface area contributed by atoms with Gasteiger partial charge in [-0.2, -0.15) is 4.98 Å². The Morgan fingerprint density at radius 3 is 3.00 bits per heavy atom. The lowest BCUT2D eigenvalue weighted by Crippen LogP contribution is -2.24. The molecule has 5 rings (SSSR count). The maximum Gasteiger partial charge on any atom is 0.232 e. The zero-order valence-corrected chi connectivity index (χ0v) is 13.9. The molecule has 2 aliphatic rings. The van der Waals surface area contributed by atoms with Gasteiger partial charge >= 0.3 is 0 Å². The first-order chi connectivity index (χ1) is 12.3. The molecule has 0 radical (unpaired) electrons. The molecule has 8 heteroatoms. The number of fused-ring (bicyclic) bond motifs is 1. The first-order valence-electron chi connectivity index (χ1n) is 7.85. The minimum atomic E-state index is -0.112. The van der Waals surface area contributed by atoms with Crippen LogP contribution in [0.4, 0.5) is 5.69 Å². The van der Waals surface area contributed by atoms with Crippen molar-refractivity contribution < 1.29 is 18.8 Å². The molecule has 126 valence electrons. The molecular formula is C17H13N3O4S. The second-order valence-electron chi connectivity index (χ2n) is 5.88. The summed E-state index contributed by atoms with van der Waals surface area (Å²) in [6.45, 7) is 0.716. The number of benzene rings is 1. The van der Waals surface area contributed by atoms with Crippen LogP contribution in [0, 0.1) is 0 Å². The number of anilines is 1. The van der Waals surface area contributed by atoms with Crippen LogP contribution in [-0.2, 0) is 4.79 Å². The van der Waals surface area contributed by atoms with E-state index in [0.29, 0.717) is 36.2 Å². The number of ether oxygens (including phenoxy) is 2. The molecule has 1 amide bonds. The second-order valence-corrected chi connectivity index (χ2v) is 6.82. The zero-order chi connectivity index (χ0) is 16.8. The fourth-order valence-electron chi connectivity index (χ4n) is 3.08. The highest BCUT2D eigenvalue weighted by molar-refractivity contribution is 7.13. The molecule has 1 saturated heterocycles. The van der Waals surface area contributed by atoms with E-state index in [1.54, 1.807) is 16.2 Å². The standard InChI is InChI=1S/C17H13N3O4S/c21-15-6-10(17-18-16(19-24-17)14-2-1-5-25-14)8-20(15)11-3-4-12-13(7-11)23-9-22-12/h1-5,7,10H,6,8-9H2/t10-/m1/s1. The molecule has 7 nitrogen and oxygen atoms in total. The topological polar surface area (TPSA) is 77.7 Å². The second kappa shape index (κ2) is 5.59. The van der Waals surface area contributed by atoms with Crippen molar-refractivity contribution in [3.8, 4) is 22.2 Å². The lowest BCUT2D eigenvalue weighted by Gasteiger charge is -2.16. The number of nitrogens with zero attached hydrogens (tertiary/aromatic N) is 3. The molecule has 0 unspecified atom stereocenters. The minimum Gasteiger partial charge on any atom is -0.454 e. The van der Waals surface area contributed by atoms with Gasteiger partial charge in [-0.15, -0.1) is 11.3 Å². The fourth-order valence-corrected chi connectivity index (χ4v) is 3.73. The molecule has 0 N–H and O–H groups in total. The van der Waals surface area contributed by atoms with Crippen LogP contribution in [0.15, 0.2) is 40.2 Å². The number of carbonyl (C=O) groups is 1. The number of rotatable bonds is 3. The van der Waals surface area contributed by atoms with Gasteiger partial charge in [0.05, 0.1) is 10.8 Å². The van der Waals surface area contributed by atoms with Crippen molar-refractivity contribution in [2.45, 2.75) is 12.3 Å². The summed E-state index contributed by atoms with van der Waals surface area (Å²) < 4.78 is 16.1. The molecule has 25 heavy (non-hydrogen) atoms. The molecule has 1 atom stereocenters. The first kappa shape index (κ1) is 14.5. The van der Waals surface area contributed by atoms with Gasteiger partial charge in [0, 0.05) is 24.7 Å². The van der Waals surface area contributed by atoms with E-state index in [1.165, 1.54) is 0 Å². The van der Waals surface area contributed by atoms with Crippen molar-refractivity contribution in [3.63, 3.8) is 0 Å². The third kappa shape index (κ3) is 2.45. The van der Waals surface area contributed by atoms with E-state index in [2.05, 4.69) is 10.1 Å². The van der Waals surface area contributed by atoms with Gasteiger partial charge in [-0.1, -0.05) is 11.2 Å². The molecule has 0 spiro atoms. The third-order valence-electron chi connectivity index (χ3n) is 4.33. The number of thiophene rings is 1. The predicted molar refractivity (Wildman–Crippen MR) is 89.9 cm³/mol. The number of aromatic nitrogens is 2. The van der Waals surface area contributed by atoms with Gasteiger partial charge in [0.15, 0.2) is 11.5 Å². The van der Waals surface area contributed by atoms with Crippen molar-refractivity contribution >= 4 is 22.9 Å². The Balaban J connectivity index is 1.38. The molecular weight excluding hydrogens is 342 g/mol. The van der Waals surface area contributed by atoms with Crippen molar-refractivity contribution in [1.82, 2.24) is 10.1 Å². The summed E-state index contributed by atoms with van der Waals surface area (Å²) in [5.74, 6) is 2.34. The van der Waals surface area contributed by atoms with Crippen LogP contribution in [0.3, 0.4) is 0 Å². The summed E-state index contributed by atoms with van der Waals surface area (Å²) >= 11 is 1.55. The summed E-state index contributed by atoms with van der Waals surface area (Å²) in [5, 5.41) is 6.00. The van der Waals surface area contributed by atoms with E-state index in [4.69, 9.17) is 14.0 Å². The van der Waals surface area contributed by atoms with Crippen LogP contribution in [0.2, 0.25) is 0 Å². The Labute approximate surface area is 146 Å². The third-order valence-corrected chi connectivity index (χ3v) is 5.19. The van der Waals surface area contributed by atoms with Crippen molar-refractivity contribution in [2.75, 3.05) is 18.2 Å². The molecule has 4 heterocycles. The van der Waals surface area contributed by atoms with Gasteiger partial charge in [-0.3, -0.25) is 4.79 Å². The fraction of sp³-hybridized carbons (Fsp3) is 0.235. The Hall–Kier alpha value is -2.87. The Morgan fingerprint density at radius 1 is 1.20 bits per heavy atom. The molecule has 0 saturated carbocycles. The van der Waals surface area contributed by atoms with Crippen LogP contribution in [-0.4, -0.2) is 29.4 Å². The van der Waals surface area contributed by atoms with Crippen LogP contribution >= 0.6 is 11.3 Å². The molecule has 2 aromatic heterocycles.